The SMILES string of the molecule is C/C1=C\C[C@H]2CC[C@]3(C)OC(=O)[C@@H](C/C(C)=C/CC1)C3C2(C)C. The maximum Gasteiger partial charge on any atom is 0.310 e. The molecule has 1 aliphatic heterocycles. The van der Waals surface area contributed by atoms with Crippen LogP contribution in [0.25, 0.3) is 0 Å². The summed E-state index contributed by atoms with van der Waals surface area (Å²) in [7, 11) is 0. The van der Waals surface area contributed by atoms with Gasteiger partial charge in [-0.1, -0.05) is 37.1 Å². The van der Waals surface area contributed by atoms with Crippen LogP contribution in [0.2, 0.25) is 0 Å². The van der Waals surface area contributed by atoms with Gasteiger partial charge in [0.2, 0.25) is 0 Å². The van der Waals surface area contributed by atoms with E-state index >= 15 is 0 Å². The van der Waals surface area contributed by atoms with Crippen LogP contribution in [0.5, 0.6) is 0 Å². The molecule has 0 aromatic carbocycles. The minimum atomic E-state index is -0.259. The van der Waals surface area contributed by atoms with Crippen molar-refractivity contribution in [3.8, 4) is 0 Å². The predicted octanol–water partition coefficient (Wildman–Crippen LogP) is 5.44. The lowest BCUT2D eigenvalue weighted by Gasteiger charge is -2.51. The van der Waals surface area contributed by atoms with Gasteiger partial charge in [-0.25, -0.2) is 0 Å². The Labute approximate surface area is 141 Å². The highest BCUT2D eigenvalue weighted by Gasteiger charge is 2.61. The standard InChI is InChI=1S/C21H32O2/c1-14-7-6-8-15(2)13-17-18-20(3,4)16(10-9-14)11-12-21(18,5)23-19(17)22/h8-9,16-18H,6-7,10-13H2,1-5H3/b14-9+,15-8+/t16-,17-,18?,21-/m0/s1. The topological polar surface area (TPSA) is 26.3 Å². The molecule has 2 fully saturated rings. The van der Waals surface area contributed by atoms with Gasteiger partial charge in [0.1, 0.15) is 5.60 Å². The third-order valence-corrected chi connectivity index (χ3v) is 6.86. The normalized spacial score (nSPS) is 44.9. The van der Waals surface area contributed by atoms with Crippen LogP contribution in [0.15, 0.2) is 23.3 Å². The van der Waals surface area contributed by atoms with E-state index in [0.29, 0.717) is 11.8 Å². The van der Waals surface area contributed by atoms with Gasteiger partial charge in [0.05, 0.1) is 5.92 Å². The van der Waals surface area contributed by atoms with E-state index in [1.54, 1.807) is 0 Å². The zero-order valence-corrected chi connectivity index (χ0v) is 15.4. The lowest BCUT2D eigenvalue weighted by atomic mass is 9.53. The number of ether oxygens (including phenoxy) is 1. The first kappa shape index (κ1) is 16.8. The number of esters is 1. The van der Waals surface area contributed by atoms with Crippen LogP contribution in [0.1, 0.15) is 73.1 Å². The third kappa shape index (κ3) is 2.90. The van der Waals surface area contributed by atoms with E-state index < -0.39 is 0 Å². The Morgan fingerprint density at radius 3 is 2.61 bits per heavy atom. The average Bonchev–Trinajstić information content (AvgIpc) is 2.69. The van der Waals surface area contributed by atoms with Crippen molar-refractivity contribution in [2.75, 3.05) is 0 Å². The monoisotopic (exact) mass is 316 g/mol. The summed E-state index contributed by atoms with van der Waals surface area (Å²) in [6.45, 7) is 11.4. The quantitative estimate of drug-likeness (QED) is 0.439. The molecule has 1 saturated heterocycles. The maximum absolute atomic E-state index is 12.6. The molecule has 2 bridgehead atoms. The average molecular weight is 316 g/mol. The molecule has 1 unspecified atom stereocenters. The summed E-state index contributed by atoms with van der Waals surface area (Å²) in [6.07, 6.45) is 11.2. The molecule has 1 heterocycles. The first-order valence-electron chi connectivity index (χ1n) is 9.28. The van der Waals surface area contributed by atoms with Crippen LogP contribution >= 0.6 is 0 Å². The molecule has 2 aliphatic carbocycles. The Kier molecular flexibility index (Phi) is 4.23. The first-order chi connectivity index (χ1) is 10.7. The van der Waals surface area contributed by atoms with Crippen molar-refractivity contribution in [3.05, 3.63) is 23.3 Å². The van der Waals surface area contributed by atoms with Crippen LogP contribution < -0.4 is 0 Å². The van der Waals surface area contributed by atoms with Crippen molar-refractivity contribution in [2.24, 2.45) is 23.2 Å². The van der Waals surface area contributed by atoms with E-state index in [4.69, 9.17) is 4.74 Å². The number of allylic oxidation sites excluding steroid dienone is 4. The number of rotatable bonds is 0. The summed E-state index contributed by atoms with van der Waals surface area (Å²) in [5.41, 5.74) is 2.74. The molecule has 23 heavy (non-hydrogen) atoms. The van der Waals surface area contributed by atoms with Crippen molar-refractivity contribution in [1.29, 1.82) is 0 Å². The Hall–Kier alpha value is -1.05. The van der Waals surface area contributed by atoms with Crippen molar-refractivity contribution < 1.29 is 9.53 Å². The Bertz CT molecular complexity index is 554. The zero-order valence-electron chi connectivity index (χ0n) is 15.4. The minimum Gasteiger partial charge on any atom is -0.459 e. The molecule has 2 nitrogen and oxygen atoms in total. The van der Waals surface area contributed by atoms with Gasteiger partial charge in [-0.05, 0) is 70.6 Å². The second-order valence-corrected chi connectivity index (χ2v) is 8.95. The lowest BCUT2D eigenvalue weighted by molar-refractivity contribution is -0.154. The first-order valence-corrected chi connectivity index (χ1v) is 9.28. The fourth-order valence-electron chi connectivity index (χ4n) is 5.57. The van der Waals surface area contributed by atoms with Gasteiger partial charge in [-0.15, -0.1) is 0 Å². The highest BCUT2D eigenvalue weighted by atomic mass is 16.6. The van der Waals surface area contributed by atoms with E-state index in [1.807, 2.05) is 0 Å². The molecule has 0 spiro atoms. The van der Waals surface area contributed by atoms with Crippen molar-refractivity contribution in [1.82, 2.24) is 0 Å². The van der Waals surface area contributed by atoms with Gasteiger partial charge in [0.25, 0.3) is 0 Å². The van der Waals surface area contributed by atoms with Crippen LogP contribution in [0.4, 0.5) is 0 Å². The summed E-state index contributed by atoms with van der Waals surface area (Å²) in [5.74, 6) is 1.07. The largest absolute Gasteiger partial charge is 0.459 e. The number of fused-ring (bicyclic) bond motifs is 1. The molecule has 0 aromatic rings. The molecule has 0 amide bonds. The maximum atomic E-state index is 12.6. The summed E-state index contributed by atoms with van der Waals surface area (Å²) < 4.78 is 5.96. The van der Waals surface area contributed by atoms with Crippen LogP contribution in [0, 0.1) is 23.2 Å². The van der Waals surface area contributed by atoms with Crippen LogP contribution in [-0.4, -0.2) is 11.6 Å². The highest BCUT2D eigenvalue weighted by Crippen LogP contribution is 2.59. The molecule has 2 heteroatoms. The van der Waals surface area contributed by atoms with E-state index in [9.17, 15) is 4.79 Å². The molecule has 128 valence electrons. The Balaban J connectivity index is 2.02. The predicted molar refractivity (Wildman–Crippen MR) is 94.0 cm³/mol. The Morgan fingerprint density at radius 2 is 1.87 bits per heavy atom. The number of carbonyl (C=O) groups is 1. The second kappa shape index (κ2) is 5.79. The lowest BCUT2D eigenvalue weighted by Crippen LogP contribution is -2.51. The zero-order chi connectivity index (χ0) is 16.8. The number of hydrogen-bond donors (Lipinski definition) is 0. The third-order valence-electron chi connectivity index (χ3n) is 6.86. The molecule has 0 aromatic heterocycles. The van der Waals surface area contributed by atoms with Crippen LogP contribution in [-0.2, 0) is 9.53 Å². The number of hydrogen-bond acceptors (Lipinski definition) is 2. The van der Waals surface area contributed by atoms with E-state index in [1.165, 1.54) is 17.6 Å². The van der Waals surface area contributed by atoms with E-state index in [0.717, 1.165) is 32.1 Å². The molecule has 4 atom stereocenters. The molecule has 0 radical (unpaired) electrons. The second-order valence-electron chi connectivity index (χ2n) is 8.95. The van der Waals surface area contributed by atoms with Gasteiger partial charge in [-0.3, -0.25) is 4.79 Å². The molecule has 1 saturated carbocycles. The fraction of sp³-hybridized carbons (Fsp3) is 0.762. The molecule has 0 N–H and O–H groups in total. The molecular weight excluding hydrogens is 284 g/mol. The van der Waals surface area contributed by atoms with E-state index in [2.05, 4.69) is 46.8 Å². The van der Waals surface area contributed by atoms with Crippen molar-refractivity contribution in [3.63, 3.8) is 0 Å². The summed E-state index contributed by atoms with van der Waals surface area (Å²) in [4.78, 5) is 12.6. The highest BCUT2D eigenvalue weighted by molar-refractivity contribution is 5.76. The van der Waals surface area contributed by atoms with Gasteiger partial charge < -0.3 is 4.74 Å². The molecular formula is C21H32O2. The minimum absolute atomic E-state index is 0.0403. The smallest absolute Gasteiger partial charge is 0.310 e. The van der Waals surface area contributed by atoms with Gasteiger partial charge in [0, 0.05) is 5.92 Å². The Morgan fingerprint density at radius 1 is 1.13 bits per heavy atom. The number of carbonyl (C=O) groups excluding carboxylic acids is 1. The fourth-order valence-corrected chi connectivity index (χ4v) is 5.57. The van der Waals surface area contributed by atoms with Crippen molar-refractivity contribution in [2.45, 2.75) is 78.7 Å². The van der Waals surface area contributed by atoms with Gasteiger partial charge >= 0.3 is 5.97 Å². The summed E-state index contributed by atoms with van der Waals surface area (Å²) in [5, 5.41) is 0. The molecule has 3 rings (SSSR count). The van der Waals surface area contributed by atoms with Crippen LogP contribution in [0.3, 0.4) is 0 Å². The van der Waals surface area contributed by atoms with Crippen molar-refractivity contribution >= 4 is 5.97 Å². The summed E-state index contributed by atoms with van der Waals surface area (Å²) in [6, 6.07) is 0. The van der Waals surface area contributed by atoms with Gasteiger partial charge in [-0.2, -0.15) is 0 Å². The molecule has 3 aliphatic rings. The van der Waals surface area contributed by atoms with E-state index in [-0.39, 0.29) is 22.9 Å². The summed E-state index contributed by atoms with van der Waals surface area (Å²) >= 11 is 0. The van der Waals surface area contributed by atoms with Gasteiger partial charge in [0.15, 0.2) is 0 Å².